The predicted octanol–water partition coefficient (Wildman–Crippen LogP) is 0.571. The molecule has 28 heavy (non-hydrogen) atoms. The molecular weight excluding hydrogens is 364 g/mol. The highest BCUT2D eigenvalue weighted by molar-refractivity contribution is 5.20. The predicted molar refractivity (Wildman–Crippen MR) is 102 cm³/mol. The zero-order valence-electron chi connectivity index (χ0n) is 17.2. The van der Waals surface area contributed by atoms with Gasteiger partial charge in [0.05, 0.1) is 18.8 Å². The van der Waals surface area contributed by atoms with Crippen LogP contribution in [-0.4, -0.2) is 75.1 Å². The number of ether oxygens (including phenoxy) is 2. The highest BCUT2D eigenvalue weighted by atomic mass is 16.7. The Morgan fingerprint density at radius 1 is 1.18 bits per heavy atom. The lowest BCUT2D eigenvalue weighted by Gasteiger charge is -2.55. The lowest BCUT2D eigenvalue weighted by molar-refractivity contribution is -0.326. The summed E-state index contributed by atoms with van der Waals surface area (Å²) in [5, 5.41) is 50.8. The van der Waals surface area contributed by atoms with Crippen molar-refractivity contribution in [2.45, 2.75) is 89.9 Å². The first kappa shape index (κ1) is 22.2. The standard InChI is InChI=1S/C21H36O7/c1-10(2)12-7-8-21(4)14(23)6-5-11(3)15(21)19(12)28-20-18(26)17(25)16(24)13(9-22)27-20/h5,10,12-20,22-26H,6-9H2,1-4H3/t12-,13-,14+,15-,16-,17+,18-,19+,20+,21-/m0/s1. The van der Waals surface area contributed by atoms with Gasteiger partial charge < -0.3 is 35.0 Å². The summed E-state index contributed by atoms with van der Waals surface area (Å²) < 4.78 is 11.9. The summed E-state index contributed by atoms with van der Waals surface area (Å²) in [5.41, 5.74) is 0.830. The Bertz CT molecular complexity index is 577. The largest absolute Gasteiger partial charge is 0.394 e. The normalized spacial score (nSPS) is 49.6. The molecule has 7 heteroatoms. The molecule has 10 atom stereocenters. The summed E-state index contributed by atoms with van der Waals surface area (Å²) in [5.74, 6) is 0.482. The fourth-order valence-electron chi connectivity index (χ4n) is 5.49. The number of fused-ring (bicyclic) bond motifs is 1. The second-order valence-corrected chi connectivity index (χ2v) is 9.43. The first-order valence-corrected chi connectivity index (χ1v) is 10.4. The van der Waals surface area contributed by atoms with Crippen molar-refractivity contribution in [1.29, 1.82) is 0 Å². The van der Waals surface area contributed by atoms with Crippen LogP contribution in [0.3, 0.4) is 0 Å². The molecule has 0 unspecified atom stereocenters. The van der Waals surface area contributed by atoms with E-state index in [1.165, 1.54) is 0 Å². The quantitative estimate of drug-likeness (QED) is 0.438. The molecule has 0 aromatic rings. The summed E-state index contributed by atoms with van der Waals surface area (Å²) in [7, 11) is 0. The Labute approximate surface area is 167 Å². The van der Waals surface area contributed by atoms with E-state index in [-0.39, 0.29) is 23.4 Å². The van der Waals surface area contributed by atoms with Gasteiger partial charge in [0.15, 0.2) is 6.29 Å². The maximum absolute atomic E-state index is 10.8. The molecule has 162 valence electrons. The fourth-order valence-corrected chi connectivity index (χ4v) is 5.49. The van der Waals surface area contributed by atoms with E-state index in [2.05, 4.69) is 33.8 Å². The second kappa shape index (κ2) is 8.30. The molecule has 2 aliphatic carbocycles. The SMILES string of the molecule is CC1=CC[C@@H](O)[C@]2(C)CC[C@@H](C(C)C)[C@@H](O[C@H]3O[C@@H](CO)[C@H](O)[C@@H](O)[C@@H]3O)[C@H]12. The van der Waals surface area contributed by atoms with Gasteiger partial charge in [-0.2, -0.15) is 0 Å². The van der Waals surface area contributed by atoms with Gasteiger partial charge in [0.1, 0.15) is 24.4 Å². The minimum absolute atomic E-state index is 0.0373. The van der Waals surface area contributed by atoms with Gasteiger partial charge >= 0.3 is 0 Å². The van der Waals surface area contributed by atoms with Gasteiger partial charge in [-0.3, -0.25) is 0 Å². The molecule has 2 fully saturated rings. The molecule has 3 aliphatic rings. The second-order valence-electron chi connectivity index (χ2n) is 9.43. The molecule has 0 amide bonds. The van der Waals surface area contributed by atoms with Gasteiger partial charge in [0.2, 0.25) is 0 Å². The maximum Gasteiger partial charge on any atom is 0.187 e. The number of aliphatic hydroxyl groups is 5. The van der Waals surface area contributed by atoms with Crippen molar-refractivity contribution in [3.8, 4) is 0 Å². The maximum atomic E-state index is 10.8. The molecular formula is C21H36O7. The first-order chi connectivity index (χ1) is 13.1. The topological polar surface area (TPSA) is 120 Å². The lowest BCUT2D eigenvalue weighted by Crippen LogP contribution is -2.62. The van der Waals surface area contributed by atoms with E-state index in [0.29, 0.717) is 12.3 Å². The van der Waals surface area contributed by atoms with Crippen molar-refractivity contribution in [1.82, 2.24) is 0 Å². The van der Waals surface area contributed by atoms with Crippen molar-refractivity contribution in [2.24, 2.45) is 23.2 Å². The molecule has 1 saturated carbocycles. The molecule has 0 bridgehead atoms. The minimum atomic E-state index is -1.46. The number of aliphatic hydroxyl groups excluding tert-OH is 5. The highest BCUT2D eigenvalue weighted by Gasteiger charge is 2.55. The Morgan fingerprint density at radius 2 is 1.86 bits per heavy atom. The summed E-state index contributed by atoms with van der Waals surface area (Å²) in [6, 6.07) is 0. The lowest BCUT2D eigenvalue weighted by atomic mass is 9.54. The molecule has 1 aliphatic heterocycles. The van der Waals surface area contributed by atoms with Gasteiger partial charge in [-0.05, 0) is 38.0 Å². The first-order valence-electron chi connectivity index (χ1n) is 10.4. The number of hydrogen-bond donors (Lipinski definition) is 5. The molecule has 1 saturated heterocycles. The van der Waals surface area contributed by atoms with E-state index < -0.39 is 43.4 Å². The summed E-state index contributed by atoms with van der Waals surface area (Å²) in [4.78, 5) is 0. The average Bonchev–Trinajstić information content (AvgIpc) is 2.65. The molecule has 7 nitrogen and oxygen atoms in total. The van der Waals surface area contributed by atoms with Gasteiger partial charge in [-0.15, -0.1) is 0 Å². The van der Waals surface area contributed by atoms with Gasteiger partial charge in [0, 0.05) is 11.3 Å². The molecule has 0 radical (unpaired) electrons. The highest BCUT2D eigenvalue weighted by Crippen LogP contribution is 2.54. The van der Waals surface area contributed by atoms with Crippen LogP contribution < -0.4 is 0 Å². The molecule has 0 aromatic heterocycles. The van der Waals surface area contributed by atoms with Gasteiger partial charge in [0.25, 0.3) is 0 Å². The third-order valence-electron chi connectivity index (χ3n) is 7.39. The van der Waals surface area contributed by atoms with Gasteiger partial charge in [-0.25, -0.2) is 0 Å². The Hall–Kier alpha value is -0.540. The third kappa shape index (κ3) is 3.67. The monoisotopic (exact) mass is 400 g/mol. The van der Waals surface area contributed by atoms with Crippen LogP contribution in [0.25, 0.3) is 0 Å². The van der Waals surface area contributed by atoms with Crippen molar-refractivity contribution in [3.05, 3.63) is 11.6 Å². The van der Waals surface area contributed by atoms with Crippen LogP contribution in [0.15, 0.2) is 11.6 Å². The molecule has 0 aromatic carbocycles. The minimum Gasteiger partial charge on any atom is -0.394 e. The van der Waals surface area contributed by atoms with Crippen molar-refractivity contribution >= 4 is 0 Å². The van der Waals surface area contributed by atoms with E-state index in [1.807, 2.05) is 0 Å². The molecule has 5 N–H and O–H groups in total. The molecule has 1 heterocycles. The number of rotatable bonds is 4. The van der Waals surface area contributed by atoms with Crippen LogP contribution in [0.1, 0.15) is 47.0 Å². The van der Waals surface area contributed by atoms with Crippen LogP contribution in [0.4, 0.5) is 0 Å². The zero-order valence-corrected chi connectivity index (χ0v) is 17.2. The van der Waals surface area contributed by atoms with E-state index >= 15 is 0 Å². The Balaban J connectivity index is 1.91. The van der Waals surface area contributed by atoms with Crippen LogP contribution in [0, 0.1) is 23.2 Å². The number of hydrogen-bond acceptors (Lipinski definition) is 7. The van der Waals surface area contributed by atoms with Crippen LogP contribution in [-0.2, 0) is 9.47 Å². The van der Waals surface area contributed by atoms with Gasteiger partial charge in [-0.1, -0.05) is 32.4 Å². The van der Waals surface area contributed by atoms with E-state index in [9.17, 15) is 25.5 Å². The third-order valence-corrected chi connectivity index (χ3v) is 7.39. The summed E-state index contributed by atoms with van der Waals surface area (Å²) in [6.07, 6.45) is -2.76. The van der Waals surface area contributed by atoms with Crippen LogP contribution in [0.2, 0.25) is 0 Å². The smallest absolute Gasteiger partial charge is 0.187 e. The molecule has 3 rings (SSSR count). The Morgan fingerprint density at radius 3 is 2.46 bits per heavy atom. The fraction of sp³-hybridized carbons (Fsp3) is 0.905. The summed E-state index contributed by atoms with van der Waals surface area (Å²) in [6.45, 7) is 7.94. The van der Waals surface area contributed by atoms with Crippen molar-refractivity contribution < 1.29 is 35.0 Å². The van der Waals surface area contributed by atoms with Crippen molar-refractivity contribution in [2.75, 3.05) is 6.61 Å². The zero-order chi connectivity index (χ0) is 20.8. The summed E-state index contributed by atoms with van der Waals surface area (Å²) >= 11 is 0. The van der Waals surface area contributed by atoms with E-state index in [4.69, 9.17) is 9.47 Å². The van der Waals surface area contributed by atoms with E-state index in [0.717, 1.165) is 18.4 Å². The van der Waals surface area contributed by atoms with Crippen LogP contribution >= 0.6 is 0 Å². The van der Waals surface area contributed by atoms with Crippen molar-refractivity contribution in [3.63, 3.8) is 0 Å². The van der Waals surface area contributed by atoms with Crippen LogP contribution in [0.5, 0.6) is 0 Å². The van der Waals surface area contributed by atoms with E-state index in [1.54, 1.807) is 0 Å². The Kier molecular flexibility index (Phi) is 6.57. The molecule has 0 spiro atoms. The average molecular weight is 401 g/mol.